The number of rotatable bonds is 3. The summed E-state index contributed by atoms with van der Waals surface area (Å²) in [4.78, 5) is 0.269. The van der Waals surface area contributed by atoms with Crippen molar-refractivity contribution in [3.8, 4) is 16.9 Å². The highest BCUT2D eigenvalue weighted by Gasteiger charge is 2.31. The number of hydrogen-bond acceptors (Lipinski definition) is 3. The highest BCUT2D eigenvalue weighted by Crippen LogP contribution is 2.41. The van der Waals surface area contributed by atoms with Crippen LogP contribution in [0, 0.1) is 6.92 Å². The van der Waals surface area contributed by atoms with Gasteiger partial charge in [-0.1, -0.05) is 42.5 Å². The molecule has 132 valence electrons. The van der Waals surface area contributed by atoms with Crippen molar-refractivity contribution in [1.82, 2.24) is 0 Å². The van der Waals surface area contributed by atoms with Crippen LogP contribution in [0.5, 0.6) is 5.75 Å². The molecule has 26 heavy (non-hydrogen) atoms. The Morgan fingerprint density at radius 1 is 0.923 bits per heavy atom. The van der Waals surface area contributed by atoms with Gasteiger partial charge in [-0.3, -0.25) is 4.31 Å². The standard InChI is InChI=1S/C21H19NO3S/c1-15-13-17(11-12-21(15)25-2)26(23,24)22-14-16-7-3-4-8-18(16)19-9-5-6-10-20(19)22/h3-13H,14H2,1-2H3. The second-order valence-electron chi connectivity index (χ2n) is 6.32. The number of anilines is 1. The normalized spacial score (nSPS) is 13.1. The van der Waals surface area contributed by atoms with Crippen molar-refractivity contribution in [2.75, 3.05) is 11.4 Å². The third-order valence-electron chi connectivity index (χ3n) is 4.75. The summed E-state index contributed by atoms with van der Waals surface area (Å²) in [6.07, 6.45) is 0. The van der Waals surface area contributed by atoms with Crippen molar-refractivity contribution in [2.24, 2.45) is 0 Å². The molecule has 0 fully saturated rings. The second-order valence-corrected chi connectivity index (χ2v) is 8.18. The van der Waals surface area contributed by atoms with E-state index in [2.05, 4.69) is 0 Å². The molecule has 0 atom stereocenters. The molecule has 0 saturated carbocycles. The first-order chi connectivity index (χ1) is 12.5. The first-order valence-electron chi connectivity index (χ1n) is 8.37. The van der Waals surface area contributed by atoms with Crippen LogP contribution < -0.4 is 9.04 Å². The van der Waals surface area contributed by atoms with Gasteiger partial charge in [0.25, 0.3) is 10.0 Å². The van der Waals surface area contributed by atoms with Crippen LogP contribution >= 0.6 is 0 Å². The Morgan fingerprint density at radius 2 is 1.62 bits per heavy atom. The zero-order valence-electron chi connectivity index (χ0n) is 14.6. The van der Waals surface area contributed by atoms with Crippen LogP contribution in [0.3, 0.4) is 0 Å². The largest absolute Gasteiger partial charge is 0.496 e. The summed E-state index contributed by atoms with van der Waals surface area (Å²) in [5, 5.41) is 0. The van der Waals surface area contributed by atoms with E-state index in [0.717, 1.165) is 22.3 Å². The number of methoxy groups -OCH3 is 1. The molecule has 0 radical (unpaired) electrons. The predicted molar refractivity (Wildman–Crippen MR) is 103 cm³/mol. The summed E-state index contributed by atoms with van der Waals surface area (Å²) < 4.78 is 33.5. The molecule has 0 amide bonds. The van der Waals surface area contributed by atoms with E-state index in [4.69, 9.17) is 4.74 Å². The fourth-order valence-electron chi connectivity index (χ4n) is 3.43. The van der Waals surface area contributed by atoms with Crippen LogP contribution in [0.25, 0.3) is 11.1 Å². The Morgan fingerprint density at radius 3 is 2.35 bits per heavy atom. The number of nitrogens with zero attached hydrogens (tertiary/aromatic N) is 1. The molecule has 5 heteroatoms. The maximum Gasteiger partial charge on any atom is 0.264 e. The highest BCUT2D eigenvalue weighted by molar-refractivity contribution is 7.92. The highest BCUT2D eigenvalue weighted by atomic mass is 32.2. The third-order valence-corrected chi connectivity index (χ3v) is 6.50. The predicted octanol–water partition coefficient (Wildman–Crippen LogP) is 4.38. The third kappa shape index (κ3) is 2.56. The summed E-state index contributed by atoms with van der Waals surface area (Å²) in [7, 11) is -2.11. The molecule has 4 rings (SSSR count). The van der Waals surface area contributed by atoms with Gasteiger partial charge >= 0.3 is 0 Å². The topological polar surface area (TPSA) is 46.6 Å². The van der Waals surface area contributed by atoms with Gasteiger partial charge in [-0.05, 0) is 47.9 Å². The number of sulfonamides is 1. The minimum Gasteiger partial charge on any atom is -0.496 e. The molecule has 1 aliphatic rings. The Balaban J connectivity index is 1.87. The molecule has 0 bridgehead atoms. The quantitative estimate of drug-likeness (QED) is 0.692. The van der Waals surface area contributed by atoms with Gasteiger partial charge in [0, 0.05) is 5.56 Å². The van der Waals surface area contributed by atoms with E-state index in [1.807, 2.05) is 55.5 Å². The van der Waals surface area contributed by atoms with Crippen molar-refractivity contribution in [3.05, 3.63) is 77.9 Å². The second kappa shape index (κ2) is 6.18. The molecule has 0 saturated heterocycles. The minimum atomic E-state index is -3.69. The Labute approximate surface area is 153 Å². The van der Waals surface area contributed by atoms with Crippen LogP contribution in [-0.4, -0.2) is 15.5 Å². The van der Waals surface area contributed by atoms with Gasteiger partial charge in [-0.2, -0.15) is 0 Å². The van der Waals surface area contributed by atoms with Gasteiger partial charge in [0.2, 0.25) is 0 Å². The number of hydrogen-bond donors (Lipinski definition) is 0. The van der Waals surface area contributed by atoms with E-state index in [1.54, 1.807) is 25.3 Å². The fraction of sp³-hybridized carbons (Fsp3) is 0.143. The van der Waals surface area contributed by atoms with Crippen molar-refractivity contribution in [3.63, 3.8) is 0 Å². The van der Waals surface area contributed by atoms with Crippen LogP contribution in [0.2, 0.25) is 0 Å². The van der Waals surface area contributed by atoms with Crippen molar-refractivity contribution < 1.29 is 13.2 Å². The van der Waals surface area contributed by atoms with E-state index in [1.165, 1.54) is 4.31 Å². The maximum atomic E-state index is 13.4. The summed E-state index contributed by atoms with van der Waals surface area (Å²) in [5.41, 5.74) is 4.52. The van der Waals surface area contributed by atoms with Crippen LogP contribution in [0.4, 0.5) is 5.69 Å². The van der Waals surface area contributed by atoms with Gasteiger partial charge in [-0.25, -0.2) is 8.42 Å². The number of fused-ring (bicyclic) bond motifs is 3. The first-order valence-corrected chi connectivity index (χ1v) is 9.81. The summed E-state index contributed by atoms with van der Waals surface area (Å²) in [6.45, 7) is 2.16. The Hall–Kier alpha value is -2.79. The summed E-state index contributed by atoms with van der Waals surface area (Å²) in [6, 6.07) is 20.5. The number of para-hydroxylation sites is 1. The van der Waals surface area contributed by atoms with E-state index in [0.29, 0.717) is 18.0 Å². The molecule has 1 heterocycles. The van der Waals surface area contributed by atoms with Gasteiger partial charge in [0.05, 0.1) is 24.2 Å². The van der Waals surface area contributed by atoms with Crippen LogP contribution in [-0.2, 0) is 16.6 Å². The molecule has 0 unspecified atom stereocenters. The Bertz CT molecular complexity index is 1090. The number of aryl methyl sites for hydroxylation is 1. The molecule has 0 spiro atoms. The minimum absolute atomic E-state index is 0.269. The average Bonchev–Trinajstić information content (AvgIpc) is 2.67. The molecule has 1 aliphatic heterocycles. The van der Waals surface area contributed by atoms with Crippen molar-refractivity contribution in [2.45, 2.75) is 18.4 Å². The SMILES string of the molecule is COc1ccc(S(=O)(=O)N2Cc3ccccc3-c3ccccc32)cc1C. The van der Waals surface area contributed by atoms with E-state index < -0.39 is 10.0 Å². The zero-order chi connectivity index (χ0) is 18.3. The number of ether oxygens (including phenoxy) is 1. The lowest BCUT2D eigenvalue weighted by molar-refractivity contribution is 0.411. The maximum absolute atomic E-state index is 13.4. The molecule has 3 aromatic rings. The van der Waals surface area contributed by atoms with Gasteiger partial charge in [0.1, 0.15) is 5.75 Å². The van der Waals surface area contributed by atoms with E-state index in [-0.39, 0.29) is 4.90 Å². The number of benzene rings is 3. The molecular formula is C21H19NO3S. The zero-order valence-corrected chi connectivity index (χ0v) is 15.5. The van der Waals surface area contributed by atoms with Gasteiger partial charge in [0.15, 0.2) is 0 Å². The summed E-state index contributed by atoms with van der Waals surface area (Å²) in [5.74, 6) is 0.674. The average molecular weight is 365 g/mol. The summed E-state index contributed by atoms with van der Waals surface area (Å²) >= 11 is 0. The van der Waals surface area contributed by atoms with Crippen LogP contribution in [0.1, 0.15) is 11.1 Å². The molecule has 0 aliphatic carbocycles. The molecule has 0 N–H and O–H groups in total. The monoisotopic (exact) mass is 365 g/mol. The smallest absolute Gasteiger partial charge is 0.264 e. The van der Waals surface area contributed by atoms with Gasteiger partial charge < -0.3 is 4.74 Å². The molecular weight excluding hydrogens is 346 g/mol. The van der Waals surface area contributed by atoms with E-state index in [9.17, 15) is 8.42 Å². The van der Waals surface area contributed by atoms with Crippen molar-refractivity contribution >= 4 is 15.7 Å². The van der Waals surface area contributed by atoms with Crippen LogP contribution in [0.15, 0.2) is 71.6 Å². The van der Waals surface area contributed by atoms with Gasteiger partial charge in [-0.15, -0.1) is 0 Å². The van der Waals surface area contributed by atoms with Crippen molar-refractivity contribution in [1.29, 1.82) is 0 Å². The Kier molecular flexibility index (Phi) is 3.96. The molecule has 0 aromatic heterocycles. The fourth-order valence-corrected chi connectivity index (χ4v) is 4.98. The lowest BCUT2D eigenvalue weighted by Gasteiger charge is -2.32. The molecule has 3 aromatic carbocycles. The molecule has 4 nitrogen and oxygen atoms in total. The lowest BCUT2D eigenvalue weighted by Crippen LogP contribution is -2.33. The first kappa shape index (κ1) is 16.7. The van der Waals surface area contributed by atoms with E-state index >= 15 is 0 Å². The lowest BCUT2D eigenvalue weighted by atomic mass is 9.95.